The third kappa shape index (κ3) is 6.85. The first-order chi connectivity index (χ1) is 11.7. The molecule has 0 saturated heterocycles. The predicted molar refractivity (Wildman–Crippen MR) is 102 cm³/mol. The van der Waals surface area contributed by atoms with Crippen LogP contribution >= 0.6 is 23.4 Å². The molecule has 0 atom stereocenters. The van der Waals surface area contributed by atoms with Crippen LogP contribution in [-0.4, -0.2) is 24.8 Å². The summed E-state index contributed by atoms with van der Waals surface area (Å²) in [5.41, 5.74) is 2.45. The average Bonchev–Trinajstić information content (AvgIpc) is 2.61. The van der Waals surface area contributed by atoms with E-state index in [0.29, 0.717) is 18.9 Å². The van der Waals surface area contributed by atoms with Crippen molar-refractivity contribution >= 4 is 29.3 Å². The second-order valence-corrected chi connectivity index (χ2v) is 6.74. The van der Waals surface area contributed by atoms with Crippen LogP contribution < -0.4 is 10.1 Å². The number of rotatable bonds is 9. The highest BCUT2D eigenvalue weighted by molar-refractivity contribution is 7.99. The smallest absolute Gasteiger partial charge is 0.230 e. The summed E-state index contributed by atoms with van der Waals surface area (Å²) in [6, 6.07) is 15.7. The fraction of sp³-hybridized carbons (Fsp3) is 0.316. The summed E-state index contributed by atoms with van der Waals surface area (Å²) < 4.78 is 5.61. The van der Waals surface area contributed by atoms with Crippen molar-refractivity contribution < 1.29 is 9.53 Å². The van der Waals surface area contributed by atoms with Gasteiger partial charge in [-0.2, -0.15) is 0 Å². The third-order valence-corrected chi connectivity index (χ3v) is 4.70. The van der Waals surface area contributed by atoms with E-state index in [4.69, 9.17) is 16.3 Å². The van der Waals surface area contributed by atoms with Gasteiger partial charge in [0.25, 0.3) is 0 Å². The van der Waals surface area contributed by atoms with Crippen molar-refractivity contribution in [3.63, 3.8) is 0 Å². The molecule has 0 bridgehead atoms. The maximum Gasteiger partial charge on any atom is 0.230 e. The summed E-state index contributed by atoms with van der Waals surface area (Å²) >= 11 is 7.43. The van der Waals surface area contributed by atoms with Gasteiger partial charge >= 0.3 is 0 Å². The van der Waals surface area contributed by atoms with Gasteiger partial charge in [-0.3, -0.25) is 4.79 Å². The minimum atomic E-state index is 0.0268. The first-order valence-electron chi connectivity index (χ1n) is 7.98. The molecule has 0 aliphatic carbocycles. The summed E-state index contributed by atoms with van der Waals surface area (Å²) in [5.74, 6) is 2.09. The van der Waals surface area contributed by atoms with E-state index in [1.54, 1.807) is 11.8 Å². The number of benzene rings is 2. The molecule has 128 valence electrons. The van der Waals surface area contributed by atoms with Crippen LogP contribution in [0.5, 0.6) is 5.75 Å². The SMILES string of the molecule is CCc1ccc(OCCNC(=O)CSCc2ccc(Cl)cc2)cc1. The van der Waals surface area contributed by atoms with Gasteiger partial charge in [-0.1, -0.05) is 42.8 Å². The van der Waals surface area contributed by atoms with Gasteiger partial charge in [-0.05, 0) is 41.8 Å². The highest BCUT2D eigenvalue weighted by atomic mass is 35.5. The van der Waals surface area contributed by atoms with Crippen LogP contribution in [0.2, 0.25) is 5.02 Å². The van der Waals surface area contributed by atoms with Gasteiger partial charge in [0.2, 0.25) is 5.91 Å². The van der Waals surface area contributed by atoms with E-state index in [9.17, 15) is 4.79 Å². The number of amides is 1. The van der Waals surface area contributed by atoms with Crippen LogP contribution in [-0.2, 0) is 17.0 Å². The Morgan fingerprint density at radius 3 is 2.42 bits per heavy atom. The lowest BCUT2D eigenvalue weighted by Crippen LogP contribution is -2.29. The zero-order chi connectivity index (χ0) is 17.2. The lowest BCUT2D eigenvalue weighted by atomic mass is 10.2. The molecule has 0 unspecified atom stereocenters. The fourth-order valence-corrected chi connectivity index (χ4v) is 3.02. The maximum atomic E-state index is 11.8. The molecular formula is C19H22ClNO2S. The number of nitrogens with one attached hydrogen (secondary N) is 1. The van der Waals surface area contributed by atoms with Gasteiger partial charge in [-0.15, -0.1) is 11.8 Å². The van der Waals surface area contributed by atoms with Crippen molar-refractivity contribution in [2.75, 3.05) is 18.9 Å². The highest BCUT2D eigenvalue weighted by Gasteiger charge is 2.02. The Labute approximate surface area is 152 Å². The predicted octanol–water partition coefficient (Wildman–Crippen LogP) is 4.33. The average molecular weight is 364 g/mol. The normalized spacial score (nSPS) is 10.4. The monoisotopic (exact) mass is 363 g/mol. The Kier molecular flexibility index (Phi) is 7.99. The van der Waals surface area contributed by atoms with Crippen LogP contribution in [0, 0.1) is 0 Å². The molecule has 1 amide bonds. The minimum Gasteiger partial charge on any atom is -0.492 e. The van der Waals surface area contributed by atoms with E-state index in [1.165, 1.54) is 5.56 Å². The van der Waals surface area contributed by atoms with Crippen LogP contribution in [0.15, 0.2) is 48.5 Å². The van der Waals surface area contributed by atoms with E-state index in [2.05, 4.69) is 24.4 Å². The van der Waals surface area contributed by atoms with Crippen LogP contribution in [0.3, 0.4) is 0 Å². The number of aryl methyl sites for hydroxylation is 1. The van der Waals surface area contributed by atoms with E-state index in [0.717, 1.165) is 28.5 Å². The molecule has 3 nitrogen and oxygen atoms in total. The van der Waals surface area contributed by atoms with Gasteiger partial charge in [-0.25, -0.2) is 0 Å². The quantitative estimate of drug-likeness (QED) is 0.674. The second-order valence-electron chi connectivity index (χ2n) is 5.32. The summed E-state index contributed by atoms with van der Waals surface area (Å²) in [6.45, 7) is 3.10. The molecule has 0 aromatic heterocycles. The summed E-state index contributed by atoms with van der Waals surface area (Å²) in [6.07, 6.45) is 1.02. The van der Waals surface area contributed by atoms with Crippen molar-refractivity contribution in [3.05, 3.63) is 64.7 Å². The molecule has 0 aliphatic heterocycles. The van der Waals surface area contributed by atoms with E-state index in [-0.39, 0.29) is 5.91 Å². The van der Waals surface area contributed by atoms with Gasteiger partial charge in [0, 0.05) is 10.8 Å². The zero-order valence-electron chi connectivity index (χ0n) is 13.8. The largest absolute Gasteiger partial charge is 0.492 e. The first-order valence-corrected chi connectivity index (χ1v) is 9.51. The van der Waals surface area contributed by atoms with Gasteiger partial charge < -0.3 is 10.1 Å². The van der Waals surface area contributed by atoms with Crippen molar-refractivity contribution in [1.29, 1.82) is 0 Å². The summed E-state index contributed by atoms with van der Waals surface area (Å²) in [7, 11) is 0. The van der Waals surface area contributed by atoms with E-state index >= 15 is 0 Å². The Balaban J connectivity index is 1.56. The van der Waals surface area contributed by atoms with Crippen LogP contribution in [0.4, 0.5) is 0 Å². The molecule has 2 aromatic carbocycles. The molecule has 2 aromatic rings. The Bertz CT molecular complexity index is 629. The molecule has 1 N–H and O–H groups in total. The highest BCUT2D eigenvalue weighted by Crippen LogP contribution is 2.15. The molecule has 5 heteroatoms. The second kappa shape index (κ2) is 10.3. The molecule has 2 rings (SSSR count). The van der Waals surface area contributed by atoms with E-state index in [1.807, 2.05) is 36.4 Å². The number of ether oxygens (including phenoxy) is 1. The molecule has 24 heavy (non-hydrogen) atoms. The van der Waals surface area contributed by atoms with Crippen LogP contribution in [0.1, 0.15) is 18.1 Å². The summed E-state index contributed by atoms with van der Waals surface area (Å²) in [4.78, 5) is 11.8. The van der Waals surface area contributed by atoms with E-state index < -0.39 is 0 Å². The first kappa shape index (κ1) is 18.7. The topological polar surface area (TPSA) is 38.3 Å². The number of thioether (sulfide) groups is 1. The maximum absolute atomic E-state index is 11.8. The Morgan fingerprint density at radius 2 is 1.75 bits per heavy atom. The zero-order valence-corrected chi connectivity index (χ0v) is 15.3. The van der Waals surface area contributed by atoms with Crippen LogP contribution in [0.25, 0.3) is 0 Å². The van der Waals surface area contributed by atoms with Gasteiger partial charge in [0.05, 0.1) is 12.3 Å². The molecule has 0 saturated carbocycles. The molecule has 0 radical (unpaired) electrons. The van der Waals surface area contributed by atoms with Crippen molar-refractivity contribution in [2.45, 2.75) is 19.1 Å². The summed E-state index contributed by atoms with van der Waals surface area (Å²) in [5, 5.41) is 3.59. The molecule has 0 aliphatic rings. The van der Waals surface area contributed by atoms with Crippen molar-refractivity contribution in [3.8, 4) is 5.75 Å². The van der Waals surface area contributed by atoms with Gasteiger partial charge in [0.1, 0.15) is 12.4 Å². The molecular weight excluding hydrogens is 342 g/mol. The fourth-order valence-electron chi connectivity index (χ4n) is 2.07. The van der Waals surface area contributed by atoms with Crippen molar-refractivity contribution in [2.24, 2.45) is 0 Å². The van der Waals surface area contributed by atoms with Gasteiger partial charge in [0.15, 0.2) is 0 Å². The number of halogens is 1. The lowest BCUT2D eigenvalue weighted by Gasteiger charge is -2.08. The van der Waals surface area contributed by atoms with Crippen molar-refractivity contribution in [1.82, 2.24) is 5.32 Å². The number of carbonyl (C=O) groups excluding carboxylic acids is 1. The molecule has 0 heterocycles. The minimum absolute atomic E-state index is 0.0268. The Morgan fingerprint density at radius 1 is 1.08 bits per heavy atom. The Hall–Kier alpha value is -1.65. The number of hydrogen-bond donors (Lipinski definition) is 1. The number of carbonyl (C=O) groups is 1. The third-order valence-electron chi connectivity index (χ3n) is 3.44. The standard InChI is InChI=1S/C19H22ClNO2S/c1-2-15-5-9-18(10-6-15)23-12-11-21-19(22)14-24-13-16-3-7-17(20)8-4-16/h3-10H,2,11-14H2,1H3,(H,21,22). The molecule has 0 spiro atoms. The lowest BCUT2D eigenvalue weighted by molar-refractivity contribution is -0.118. The number of hydrogen-bond acceptors (Lipinski definition) is 3. The molecule has 0 fully saturated rings.